The highest BCUT2D eigenvalue weighted by Crippen LogP contribution is 2.46. The minimum Gasteiger partial charge on any atom is -0.461 e. The van der Waals surface area contributed by atoms with E-state index in [1.165, 1.54) is 12.0 Å². The van der Waals surface area contributed by atoms with Crippen LogP contribution in [0.15, 0.2) is 40.5 Å². The number of piperidine rings is 1. The molecule has 0 saturated carbocycles. The molecule has 2 aliphatic rings. The standard InChI is InChI=1S/C18H22INO2/c1-20-14-8-9-16(20)17(18(21)22-11-5-10-19)15(12-14)13-6-3-2-4-7-13/h2-7,10,14-17H,8-9,11-12H2,1H3/b10-5+. The van der Waals surface area contributed by atoms with Crippen LogP contribution in [0.2, 0.25) is 0 Å². The van der Waals surface area contributed by atoms with E-state index >= 15 is 0 Å². The fraction of sp³-hybridized carbons (Fsp3) is 0.500. The zero-order valence-corrected chi connectivity index (χ0v) is 15.0. The summed E-state index contributed by atoms with van der Waals surface area (Å²) < 4.78 is 7.40. The number of fused-ring (bicyclic) bond motifs is 2. The second-order valence-electron chi connectivity index (χ2n) is 6.23. The average molecular weight is 411 g/mol. The van der Waals surface area contributed by atoms with Gasteiger partial charge in [-0.1, -0.05) is 52.9 Å². The minimum atomic E-state index is -0.0474. The monoisotopic (exact) mass is 411 g/mol. The van der Waals surface area contributed by atoms with E-state index in [9.17, 15) is 4.79 Å². The molecule has 0 spiro atoms. The van der Waals surface area contributed by atoms with Crippen LogP contribution in [0.25, 0.3) is 0 Å². The van der Waals surface area contributed by atoms with Gasteiger partial charge in [0, 0.05) is 18.0 Å². The number of hydrogen-bond acceptors (Lipinski definition) is 3. The first-order chi connectivity index (χ1) is 10.7. The highest BCUT2D eigenvalue weighted by atomic mass is 127. The minimum absolute atomic E-state index is 0.0412. The molecule has 0 radical (unpaired) electrons. The zero-order valence-electron chi connectivity index (χ0n) is 12.8. The molecule has 2 bridgehead atoms. The number of ether oxygens (including phenoxy) is 1. The molecule has 2 fully saturated rings. The number of nitrogens with zero attached hydrogens (tertiary/aromatic N) is 1. The maximum atomic E-state index is 12.7. The highest BCUT2D eigenvalue weighted by Gasteiger charge is 2.49. The summed E-state index contributed by atoms with van der Waals surface area (Å²) in [6.07, 6.45) is 5.23. The van der Waals surface area contributed by atoms with Crippen LogP contribution in [-0.2, 0) is 9.53 Å². The van der Waals surface area contributed by atoms with Gasteiger partial charge in [0.2, 0.25) is 0 Å². The molecule has 2 saturated heterocycles. The molecule has 1 aromatic carbocycles. The predicted molar refractivity (Wildman–Crippen MR) is 96.0 cm³/mol. The van der Waals surface area contributed by atoms with Gasteiger partial charge in [-0.3, -0.25) is 9.69 Å². The van der Waals surface area contributed by atoms with Crippen molar-refractivity contribution in [3.63, 3.8) is 0 Å². The molecule has 3 rings (SSSR count). The summed E-state index contributed by atoms with van der Waals surface area (Å²) in [6, 6.07) is 11.4. The van der Waals surface area contributed by atoms with Gasteiger partial charge in [0.1, 0.15) is 6.61 Å². The summed E-state index contributed by atoms with van der Waals surface area (Å²) >= 11 is 2.14. The van der Waals surface area contributed by atoms with Crippen LogP contribution in [0, 0.1) is 5.92 Å². The first kappa shape index (κ1) is 16.0. The third-order valence-corrected chi connectivity index (χ3v) is 5.69. The molecule has 2 aliphatic heterocycles. The molecular formula is C18H22INO2. The van der Waals surface area contributed by atoms with E-state index in [1.54, 1.807) is 0 Å². The Morgan fingerprint density at radius 3 is 2.86 bits per heavy atom. The third kappa shape index (κ3) is 3.08. The Morgan fingerprint density at radius 1 is 1.36 bits per heavy atom. The second kappa shape index (κ2) is 7.13. The van der Waals surface area contributed by atoms with Crippen molar-refractivity contribution in [1.82, 2.24) is 4.90 Å². The number of hydrogen-bond donors (Lipinski definition) is 0. The summed E-state index contributed by atoms with van der Waals surface area (Å²) in [5.74, 6) is 0.195. The summed E-state index contributed by atoms with van der Waals surface area (Å²) in [6.45, 7) is 0.375. The Kier molecular flexibility index (Phi) is 5.18. The molecule has 22 heavy (non-hydrogen) atoms. The van der Waals surface area contributed by atoms with Crippen LogP contribution in [0.4, 0.5) is 0 Å². The molecule has 0 aliphatic carbocycles. The SMILES string of the molecule is CN1C2CCC1C(C(=O)OC/C=C/I)C(c1ccccc1)C2. The van der Waals surface area contributed by atoms with Crippen molar-refractivity contribution in [2.45, 2.75) is 37.3 Å². The summed E-state index contributed by atoms with van der Waals surface area (Å²) in [5.41, 5.74) is 1.28. The lowest BCUT2D eigenvalue weighted by Crippen LogP contribution is -2.49. The molecule has 4 unspecified atom stereocenters. The number of benzene rings is 1. The molecule has 0 aromatic heterocycles. The molecular weight excluding hydrogens is 389 g/mol. The number of carbonyl (C=O) groups is 1. The topological polar surface area (TPSA) is 29.5 Å². The van der Waals surface area contributed by atoms with Gasteiger partial charge in [0.15, 0.2) is 0 Å². The van der Waals surface area contributed by atoms with Crippen molar-refractivity contribution >= 4 is 28.6 Å². The van der Waals surface area contributed by atoms with Crippen LogP contribution in [0.5, 0.6) is 0 Å². The van der Waals surface area contributed by atoms with E-state index in [0.717, 1.165) is 12.8 Å². The van der Waals surface area contributed by atoms with Crippen molar-refractivity contribution in [1.29, 1.82) is 0 Å². The van der Waals surface area contributed by atoms with Gasteiger partial charge in [0.25, 0.3) is 0 Å². The van der Waals surface area contributed by atoms with E-state index < -0.39 is 0 Å². The van der Waals surface area contributed by atoms with Gasteiger partial charge in [-0.2, -0.15) is 0 Å². The predicted octanol–water partition coefficient (Wildman–Crippen LogP) is 3.74. The van der Waals surface area contributed by atoms with Crippen molar-refractivity contribution in [3.05, 3.63) is 46.1 Å². The molecule has 0 N–H and O–H groups in total. The van der Waals surface area contributed by atoms with E-state index in [4.69, 9.17) is 4.74 Å². The summed E-state index contributed by atoms with van der Waals surface area (Å²) in [5, 5.41) is 0. The lowest BCUT2D eigenvalue weighted by atomic mass is 9.76. The molecule has 0 amide bonds. The largest absolute Gasteiger partial charge is 0.461 e. The number of esters is 1. The van der Waals surface area contributed by atoms with E-state index in [2.05, 4.69) is 58.8 Å². The van der Waals surface area contributed by atoms with E-state index in [-0.39, 0.29) is 17.8 Å². The van der Waals surface area contributed by atoms with Crippen molar-refractivity contribution in [2.24, 2.45) is 5.92 Å². The third-order valence-electron chi connectivity index (χ3n) is 5.18. The van der Waals surface area contributed by atoms with Crippen molar-refractivity contribution in [2.75, 3.05) is 13.7 Å². The van der Waals surface area contributed by atoms with Crippen LogP contribution >= 0.6 is 22.6 Å². The Hall–Kier alpha value is -0.880. The van der Waals surface area contributed by atoms with Crippen LogP contribution in [0.1, 0.15) is 30.7 Å². The van der Waals surface area contributed by atoms with Crippen molar-refractivity contribution in [3.8, 4) is 0 Å². The Balaban J connectivity index is 1.85. The first-order valence-electron chi connectivity index (χ1n) is 7.91. The number of halogens is 1. The van der Waals surface area contributed by atoms with Crippen molar-refractivity contribution < 1.29 is 9.53 Å². The lowest BCUT2D eigenvalue weighted by molar-refractivity contribution is -0.152. The maximum absolute atomic E-state index is 12.7. The van der Waals surface area contributed by atoms with Gasteiger partial charge in [-0.25, -0.2) is 0 Å². The Bertz CT molecular complexity index is 545. The first-order valence-corrected chi connectivity index (χ1v) is 9.15. The fourth-order valence-corrected chi connectivity index (χ4v) is 4.30. The fourth-order valence-electron chi connectivity index (χ4n) is 4.09. The Labute approximate surface area is 145 Å². The molecule has 4 atom stereocenters. The summed E-state index contributed by atoms with van der Waals surface area (Å²) in [4.78, 5) is 15.1. The Morgan fingerprint density at radius 2 is 2.14 bits per heavy atom. The van der Waals surface area contributed by atoms with Gasteiger partial charge < -0.3 is 4.74 Å². The number of rotatable bonds is 4. The molecule has 1 aromatic rings. The van der Waals surface area contributed by atoms with E-state index in [0.29, 0.717) is 18.7 Å². The lowest BCUT2D eigenvalue weighted by Gasteiger charge is -2.41. The zero-order chi connectivity index (χ0) is 15.5. The average Bonchev–Trinajstić information content (AvgIpc) is 2.78. The number of carbonyl (C=O) groups excluding carboxylic acids is 1. The van der Waals surface area contributed by atoms with Gasteiger partial charge in [0.05, 0.1) is 5.92 Å². The van der Waals surface area contributed by atoms with Gasteiger partial charge in [-0.05, 0) is 42.0 Å². The van der Waals surface area contributed by atoms with Gasteiger partial charge in [-0.15, -0.1) is 0 Å². The quantitative estimate of drug-likeness (QED) is 0.559. The highest BCUT2D eigenvalue weighted by molar-refractivity contribution is 14.1. The smallest absolute Gasteiger partial charge is 0.311 e. The van der Waals surface area contributed by atoms with Crippen LogP contribution < -0.4 is 0 Å². The molecule has 118 valence electrons. The molecule has 3 nitrogen and oxygen atoms in total. The van der Waals surface area contributed by atoms with Gasteiger partial charge >= 0.3 is 5.97 Å². The molecule has 4 heteroatoms. The van der Waals surface area contributed by atoms with Crippen LogP contribution in [-0.4, -0.2) is 36.6 Å². The normalized spacial score (nSPS) is 31.5. The van der Waals surface area contributed by atoms with E-state index in [1.807, 2.05) is 16.2 Å². The maximum Gasteiger partial charge on any atom is 0.311 e. The second-order valence-corrected chi connectivity index (χ2v) is 6.95. The van der Waals surface area contributed by atoms with Crippen LogP contribution in [0.3, 0.4) is 0 Å². The molecule has 2 heterocycles. The summed E-state index contributed by atoms with van der Waals surface area (Å²) in [7, 11) is 2.16.